The van der Waals surface area contributed by atoms with Crippen LogP contribution < -0.4 is 20.1 Å². The molecule has 1 saturated heterocycles. The van der Waals surface area contributed by atoms with Gasteiger partial charge in [-0.25, -0.2) is 22.9 Å². The summed E-state index contributed by atoms with van der Waals surface area (Å²) >= 11 is 0. The molecule has 1 aliphatic rings. The first kappa shape index (κ1) is 26.6. The summed E-state index contributed by atoms with van der Waals surface area (Å²) in [4.78, 5) is 17.7. The number of benzene rings is 1. The number of carbonyl (C=O) groups excluding carboxylic acids is 1. The van der Waals surface area contributed by atoms with E-state index < -0.39 is 68.6 Å². The summed E-state index contributed by atoms with van der Waals surface area (Å²) in [6.45, 7) is 1.12. The Labute approximate surface area is 197 Å². The molecule has 192 valence electrons. The minimum absolute atomic E-state index is 0.124. The number of methoxy groups -OCH3 is 2. The number of pyridine rings is 1. The number of hydrogen-bond donors (Lipinski definition) is 2. The Kier molecular flexibility index (Phi) is 6.98. The highest BCUT2D eigenvalue weighted by Crippen LogP contribution is 2.50. The van der Waals surface area contributed by atoms with Gasteiger partial charge in [0, 0.05) is 31.5 Å². The molecule has 35 heavy (non-hydrogen) atoms. The molecular formula is C20H21F5N4O5S. The topological polar surface area (TPSA) is 124 Å². The van der Waals surface area contributed by atoms with Crippen LogP contribution in [0, 0.1) is 11.6 Å². The van der Waals surface area contributed by atoms with Crippen molar-refractivity contribution >= 4 is 27.3 Å². The summed E-state index contributed by atoms with van der Waals surface area (Å²) in [5.74, 6) is -4.48. The van der Waals surface area contributed by atoms with Gasteiger partial charge in [0.05, 0.1) is 18.8 Å². The maximum absolute atomic E-state index is 14.4. The molecule has 0 aliphatic carbocycles. The number of alkyl halides is 3. The van der Waals surface area contributed by atoms with E-state index in [2.05, 4.69) is 10.3 Å². The zero-order valence-electron chi connectivity index (χ0n) is 18.6. The minimum atomic E-state index is -4.96. The second kappa shape index (κ2) is 9.20. The first-order chi connectivity index (χ1) is 16.2. The van der Waals surface area contributed by atoms with E-state index in [-0.39, 0.29) is 11.4 Å². The molecule has 3 atom stereocenters. The molecule has 1 aromatic carbocycles. The highest BCUT2D eigenvalue weighted by atomic mass is 32.2. The van der Waals surface area contributed by atoms with E-state index in [9.17, 15) is 35.2 Å². The molecule has 3 rings (SSSR count). The van der Waals surface area contributed by atoms with Crippen molar-refractivity contribution in [1.82, 2.24) is 4.98 Å². The van der Waals surface area contributed by atoms with Crippen LogP contribution in [-0.4, -0.2) is 57.4 Å². The van der Waals surface area contributed by atoms with Gasteiger partial charge in [-0.05, 0) is 25.1 Å². The maximum atomic E-state index is 14.4. The van der Waals surface area contributed by atoms with Crippen LogP contribution in [-0.2, 0) is 19.6 Å². The van der Waals surface area contributed by atoms with Crippen LogP contribution >= 0.6 is 0 Å². The largest absolute Gasteiger partial charge is 0.491 e. The van der Waals surface area contributed by atoms with E-state index in [0.29, 0.717) is 6.07 Å². The monoisotopic (exact) mass is 524 g/mol. The van der Waals surface area contributed by atoms with Crippen molar-refractivity contribution in [3.05, 3.63) is 42.1 Å². The lowest BCUT2D eigenvalue weighted by Gasteiger charge is -2.37. The lowest BCUT2D eigenvalue weighted by Crippen LogP contribution is -2.55. The van der Waals surface area contributed by atoms with E-state index in [1.807, 2.05) is 0 Å². The minimum Gasteiger partial charge on any atom is -0.491 e. The number of nitrogens with two attached hydrogens (primary N) is 1. The number of halogens is 5. The quantitative estimate of drug-likeness (QED) is 0.557. The average Bonchev–Trinajstić information content (AvgIpc) is 3.08. The van der Waals surface area contributed by atoms with Crippen molar-refractivity contribution in [1.29, 1.82) is 0 Å². The number of aromatic nitrogens is 1. The number of ether oxygens (including phenoxy) is 2. The van der Waals surface area contributed by atoms with Crippen molar-refractivity contribution in [3.63, 3.8) is 0 Å². The third-order valence-electron chi connectivity index (χ3n) is 5.88. The Morgan fingerprint density at radius 3 is 2.46 bits per heavy atom. The van der Waals surface area contributed by atoms with Gasteiger partial charge in [-0.2, -0.15) is 17.6 Å². The number of nitrogens with one attached hydrogen (secondary N) is 1. The summed E-state index contributed by atoms with van der Waals surface area (Å²) in [5.41, 5.74) is -3.31. The summed E-state index contributed by atoms with van der Waals surface area (Å²) in [5, 5.41) is 6.76. The molecule has 15 heteroatoms. The van der Waals surface area contributed by atoms with Crippen molar-refractivity contribution in [2.45, 2.75) is 42.2 Å². The van der Waals surface area contributed by atoms with Gasteiger partial charge in [0.25, 0.3) is 10.0 Å². The number of amides is 1. The maximum Gasteiger partial charge on any atom is 0.419 e. The molecule has 1 amide bonds. The SMILES string of the molecule is COc1c(N2C(C(=O)Nc3ccnc(S(N)(=O)=O)c3)CC(OC)(C(F)(F)F)C2C)ccc(F)c1F. The van der Waals surface area contributed by atoms with Gasteiger partial charge in [-0.15, -0.1) is 0 Å². The normalized spacial score (nSPS) is 22.8. The number of anilines is 2. The van der Waals surface area contributed by atoms with Gasteiger partial charge in [0.1, 0.15) is 6.04 Å². The Morgan fingerprint density at radius 2 is 1.91 bits per heavy atom. The Morgan fingerprint density at radius 1 is 1.26 bits per heavy atom. The first-order valence-corrected chi connectivity index (χ1v) is 11.4. The molecule has 2 heterocycles. The Balaban J connectivity index is 2.12. The van der Waals surface area contributed by atoms with E-state index in [1.165, 1.54) is 6.07 Å². The smallest absolute Gasteiger partial charge is 0.419 e. The molecule has 9 nitrogen and oxygen atoms in total. The van der Waals surface area contributed by atoms with E-state index in [0.717, 1.165) is 44.4 Å². The van der Waals surface area contributed by atoms with E-state index in [4.69, 9.17) is 14.6 Å². The van der Waals surface area contributed by atoms with Crippen LogP contribution in [0.5, 0.6) is 5.75 Å². The zero-order chi connectivity index (χ0) is 26.3. The van der Waals surface area contributed by atoms with Gasteiger partial charge in [0.2, 0.25) is 11.7 Å². The second-order valence-corrected chi connectivity index (χ2v) is 9.23. The summed E-state index contributed by atoms with van der Waals surface area (Å²) in [6.07, 6.45) is -4.86. The van der Waals surface area contributed by atoms with Crippen molar-refractivity contribution in [3.8, 4) is 5.75 Å². The van der Waals surface area contributed by atoms with Crippen molar-refractivity contribution in [2.24, 2.45) is 5.14 Å². The molecule has 0 radical (unpaired) electrons. The molecule has 2 aromatic rings. The lowest BCUT2D eigenvalue weighted by atomic mass is 9.92. The molecule has 0 bridgehead atoms. The van der Waals surface area contributed by atoms with Crippen LogP contribution in [0.4, 0.5) is 33.3 Å². The standard InChI is InChI=1S/C20H21F5N4O5S/c1-10-19(34-3,20(23,24)25)9-14(29(10)13-5-4-12(21)16(22)17(13)33-2)18(30)28-11-6-7-27-15(8-11)35(26,31)32/h4-8,10,14H,9H2,1-3H3,(H2,26,31,32)(H,27,28,30). The van der Waals surface area contributed by atoms with E-state index in [1.54, 1.807) is 0 Å². The van der Waals surface area contributed by atoms with Crippen LogP contribution in [0.15, 0.2) is 35.5 Å². The number of sulfonamides is 1. The highest BCUT2D eigenvalue weighted by Gasteiger charge is 2.67. The molecule has 1 aliphatic heterocycles. The van der Waals surface area contributed by atoms with Gasteiger partial charge in [-0.1, -0.05) is 0 Å². The second-order valence-electron chi connectivity index (χ2n) is 7.73. The molecular weight excluding hydrogens is 503 g/mol. The molecule has 1 fully saturated rings. The number of carbonyl (C=O) groups is 1. The number of rotatable bonds is 6. The fourth-order valence-electron chi connectivity index (χ4n) is 4.16. The van der Waals surface area contributed by atoms with Crippen molar-refractivity contribution in [2.75, 3.05) is 24.4 Å². The predicted molar refractivity (Wildman–Crippen MR) is 113 cm³/mol. The van der Waals surface area contributed by atoms with Gasteiger partial charge < -0.3 is 19.7 Å². The van der Waals surface area contributed by atoms with Crippen molar-refractivity contribution < 1.29 is 44.6 Å². The van der Waals surface area contributed by atoms with Gasteiger partial charge in [0.15, 0.2) is 22.2 Å². The average molecular weight is 524 g/mol. The molecule has 1 aromatic heterocycles. The lowest BCUT2D eigenvalue weighted by molar-refractivity contribution is -0.270. The predicted octanol–water partition coefficient (Wildman–Crippen LogP) is 2.57. The molecule has 0 saturated carbocycles. The third-order valence-corrected chi connectivity index (χ3v) is 6.68. The number of primary sulfonamides is 1. The summed E-state index contributed by atoms with van der Waals surface area (Å²) in [6, 6.07) is 0.566. The van der Waals surface area contributed by atoms with Crippen LogP contribution in [0.3, 0.4) is 0 Å². The summed E-state index contributed by atoms with van der Waals surface area (Å²) in [7, 11) is -2.42. The first-order valence-electron chi connectivity index (χ1n) is 9.90. The molecule has 3 N–H and O–H groups in total. The molecule has 0 spiro atoms. The zero-order valence-corrected chi connectivity index (χ0v) is 19.4. The van der Waals surface area contributed by atoms with Crippen LogP contribution in [0.1, 0.15) is 13.3 Å². The van der Waals surface area contributed by atoms with Crippen LogP contribution in [0.25, 0.3) is 0 Å². The van der Waals surface area contributed by atoms with Crippen LogP contribution in [0.2, 0.25) is 0 Å². The Hall–Kier alpha value is -3.04. The number of hydrogen-bond acceptors (Lipinski definition) is 7. The molecule has 3 unspecified atom stereocenters. The highest BCUT2D eigenvalue weighted by molar-refractivity contribution is 7.89. The fourth-order valence-corrected chi connectivity index (χ4v) is 4.66. The number of nitrogens with zero attached hydrogens (tertiary/aromatic N) is 2. The van der Waals surface area contributed by atoms with E-state index >= 15 is 0 Å². The third kappa shape index (κ3) is 4.62. The summed E-state index contributed by atoms with van der Waals surface area (Å²) < 4.78 is 104. The van der Waals surface area contributed by atoms with Gasteiger partial charge in [-0.3, -0.25) is 4.79 Å². The fraction of sp³-hybridized carbons (Fsp3) is 0.400. The van der Waals surface area contributed by atoms with Gasteiger partial charge >= 0.3 is 6.18 Å². The Bertz CT molecular complexity index is 1240.